The van der Waals surface area contributed by atoms with Crippen LogP contribution in [0.2, 0.25) is 0 Å². The van der Waals surface area contributed by atoms with Crippen molar-refractivity contribution in [2.75, 3.05) is 44.4 Å². The maximum Gasteiger partial charge on any atom is 0.280 e. The SMILES string of the molecule is NC(=O)C1(C(Cc2ccccc2)NC(=O)c2cccnc2-n2ccc(-c3cccc(N4CCOCC4)c3)n2)OCCO1. The minimum Gasteiger partial charge on any atom is -0.378 e. The van der Waals surface area contributed by atoms with Crippen molar-refractivity contribution in [1.82, 2.24) is 20.1 Å². The number of nitrogens with one attached hydrogen (secondary N) is 1. The van der Waals surface area contributed by atoms with E-state index in [2.05, 4.69) is 27.3 Å². The molecule has 4 heterocycles. The van der Waals surface area contributed by atoms with Gasteiger partial charge in [-0.3, -0.25) is 9.59 Å². The molecule has 0 spiro atoms. The summed E-state index contributed by atoms with van der Waals surface area (Å²) in [6.07, 6.45) is 3.63. The van der Waals surface area contributed by atoms with Crippen LogP contribution >= 0.6 is 0 Å². The van der Waals surface area contributed by atoms with Gasteiger partial charge in [0.05, 0.1) is 43.7 Å². The average Bonchev–Trinajstić information content (AvgIpc) is 3.74. The van der Waals surface area contributed by atoms with Crippen molar-refractivity contribution in [3.05, 3.63) is 96.3 Å². The highest BCUT2D eigenvalue weighted by Gasteiger charge is 2.51. The van der Waals surface area contributed by atoms with Crippen LogP contribution in [0, 0.1) is 0 Å². The quantitative estimate of drug-likeness (QED) is 0.314. The fourth-order valence-electron chi connectivity index (χ4n) is 5.35. The minimum atomic E-state index is -1.79. The first-order chi connectivity index (χ1) is 20.5. The number of carbonyl (C=O) groups excluding carboxylic acids is 2. The standard InChI is InChI=1S/C31H32N6O5/c32-30(39)31(41-18-19-42-31)27(20-22-6-2-1-3-7-22)34-29(38)25-10-5-12-33-28(25)37-13-11-26(35-37)23-8-4-9-24(21-23)36-14-16-40-17-15-36/h1-13,21,27H,14-20H2,(H2,32,39)(H,34,38). The number of carbonyl (C=O) groups is 2. The lowest BCUT2D eigenvalue weighted by Gasteiger charge is -2.33. The number of nitrogens with zero attached hydrogens (tertiary/aromatic N) is 4. The molecule has 42 heavy (non-hydrogen) atoms. The van der Waals surface area contributed by atoms with E-state index in [-0.39, 0.29) is 25.2 Å². The molecule has 11 nitrogen and oxygen atoms in total. The van der Waals surface area contributed by atoms with Gasteiger partial charge in [-0.15, -0.1) is 0 Å². The van der Waals surface area contributed by atoms with Gasteiger partial charge in [-0.25, -0.2) is 9.67 Å². The molecule has 2 aliphatic heterocycles. The van der Waals surface area contributed by atoms with Gasteiger partial charge in [0.15, 0.2) is 5.82 Å². The summed E-state index contributed by atoms with van der Waals surface area (Å²) >= 11 is 0. The summed E-state index contributed by atoms with van der Waals surface area (Å²) in [5.74, 6) is -2.72. The third-order valence-corrected chi connectivity index (χ3v) is 7.46. The molecule has 1 atom stereocenters. The van der Waals surface area contributed by atoms with Gasteiger partial charge in [0, 0.05) is 36.7 Å². The van der Waals surface area contributed by atoms with E-state index >= 15 is 0 Å². The highest BCUT2D eigenvalue weighted by molar-refractivity contribution is 5.98. The number of rotatable bonds is 9. The lowest BCUT2D eigenvalue weighted by atomic mass is 9.97. The Kier molecular flexibility index (Phi) is 7.95. The molecule has 2 saturated heterocycles. The van der Waals surface area contributed by atoms with E-state index in [0.29, 0.717) is 19.0 Å². The van der Waals surface area contributed by atoms with Crippen molar-refractivity contribution in [1.29, 1.82) is 0 Å². The zero-order valence-electron chi connectivity index (χ0n) is 23.0. The second-order valence-corrected chi connectivity index (χ2v) is 10.1. The summed E-state index contributed by atoms with van der Waals surface area (Å²) in [4.78, 5) is 33.2. The van der Waals surface area contributed by atoms with Crippen LogP contribution in [0.25, 0.3) is 17.1 Å². The third-order valence-electron chi connectivity index (χ3n) is 7.46. The van der Waals surface area contributed by atoms with Gasteiger partial charge < -0.3 is 30.2 Å². The summed E-state index contributed by atoms with van der Waals surface area (Å²) in [5, 5.41) is 7.71. The molecule has 4 aromatic rings. The Labute approximate surface area is 243 Å². The topological polar surface area (TPSA) is 134 Å². The lowest BCUT2D eigenvalue weighted by Crippen LogP contribution is -2.61. The molecule has 11 heteroatoms. The highest BCUT2D eigenvalue weighted by atomic mass is 16.7. The number of amides is 2. The summed E-state index contributed by atoms with van der Waals surface area (Å²) < 4.78 is 18.5. The largest absolute Gasteiger partial charge is 0.378 e. The monoisotopic (exact) mass is 568 g/mol. The second-order valence-electron chi connectivity index (χ2n) is 10.1. The van der Waals surface area contributed by atoms with Crippen LogP contribution in [0.3, 0.4) is 0 Å². The number of primary amides is 1. The fourth-order valence-corrected chi connectivity index (χ4v) is 5.35. The predicted molar refractivity (Wildman–Crippen MR) is 155 cm³/mol. The summed E-state index contributed by atoms with van der Waals surface area (Å²) in [6.45, 7) is 3.45. The first-order valence-electron chi connectivity index (χ1n) is 13.9. The Hall–Kier alpha value is -4.58. The van der Waals surface area contributed by atoms with Crippen LogP contribution < -0.4 is 16.0 Å². The minimum absolute atomic E-state index is 0.186. The molecule has 216 valence electrons. The first-order valence-corrected chi connectivity index (χ1v) is 13.9. The van der Waals surface area contributed by atoms with Crippen molar-refractivity contribution in [2.24, 2.45) is 5.73 Å². The molecular formula is C31H32N6O5. The maximum atomic E-state index is 13.8. The van der Waals surface area contributed by atoms with Crippen LogP contribution in [-0.2, 0) is 25.4 Å². The zero-order valence-corrected chi connectivity index (χ0v) is 23.0. The van der Waals surface area contributed by atoms with Crippen LogP contribution in [0.1, 0.15) is 15.9 Å². The van der Waals surface area contributed by atoms with E-state index in [0.717, 1.165) is 35.6 Å². The van der Waals surface area contributed by atoms with E-state index in [4.69, 9.17) is 25.0 Å². The van der Waals surface area contributed by atoms with Gasteiger partial charge in [-0.05, 0) is 42.3 Å². The molecule has 2 aliphatic rings. The van der Waals surface area contributed by atoms with Crippen molar-refractivity contribution >= 4 is 17.5 Å². The summed E-state index contributed by atoms with van der Waals surface area (Å²) in [5.41, 5.74) is 9.70. The molecule has 3 N–H and O–H groups in total. The Morgan fingerprint density at radius 2 is 1.74 bits per heavy atom. The van der Waals surface area contributed by atoms with Gasteiger partial charge >= 0.3 is 0 Å². The van der Waals surface area contributed by atoms with E-state index in [9.17, 15) is 9.59 Å². The molecule has 2 aromatic carbocycles. The van der Waals surface area contributed by atoms with Crippen LogP contribution in [0.15, 0.2) is 85.2 Å². The smallest absolute Gasteiger partial charge is 0.280 e. The molecule has 0 aliphatic carbocycles. The number of anilines is 1. The molecule has 2 aromatic heterocycles. The predicted octanol–water partition coefficient (Wildman–Crippen LogP) is 2.34. The summed E-state index contributed by atoms with van der Waals surface area (Å²) in [6, 6.07) is 22.0. The molecule has 2 fully saturated rings. The average molecular weight is 569 g/mol. The first kappa shape index (κ1) is 27.6. The Morgan fingerprint density at radius 1 is 0.952 bits per heavy atom. The normalized spacial score (nSPS) is 17.1. The van der Waals surface area contributed by atoms with Gasteiger partial charge in [0.2, 0.25) is 0 Å². The Bertz CT molecular complexity index is 1550. The molecule has 0 saturated carbocycles. The van der Waals surface area contributed by atoms with Crippen molar-refractivity contribution in [3.8, 4) is 17.1 Å². The zero-order chi connectivity index (χ0) is 28.9. The van der Waals surface area contributed by atoms with Gasteiger partial charge in [-0.2, -0.15) is 5.10 Å². The number of hydrogen-bond donors (Lipinski definition) is 2. The van der Waals surface area contributed by atoms with E-state index in [1.165, 1.54) is 0 Å². The van der Waals surface area contributed by atoms with E-state index in [1.807, 2.05) is 48.5 Å². The fraction of sp³-hybridized carbons (Fsp3) is 0.290. The van der Waals surface area contributed by atoms with Gasteiger partial charge in [0.1, 0.15) is 0 Å². The van der Waals surface area contributed by atoms with Crippen LogP contribution in [0.4, 0.5) is 5.69 Å². The summed E-state index contributed by atoms with van der Waals surface area (Å²) in [7, 11) is 0. The molecule has 1 unspecified atom stereocenters. The number of hydrogen-bond acceptors (Lipinski definition) is 8. The Morgan fingerprint density at radius 3 is 2.50 bits per heavy atom. The second kappa shape index (κ2) is 12.1. The number of nitrogens with two attached hydrogens (primary N) is 1. The molecule has 0 radical (unpaired) electrons. The lowest BCUT2D eigenvalue weighted by molar-refractivity contribution is -0.189. The number of benzene rings is 2. The Balaban J connectivity index is 1.27. The van der Waals surface area contributed by atoms with Crippen molar-refractivity contribution < 1.29 is 23.8 Å². The third kappa shape index (κ3) is 5.62. The van der Waals surface area contributed by atoms with E-state index < -0.39 is 23.6 Å². The number of ether oxygens (including phenoxy) is 3. The number of morpholine rings is 1. The molecule has 2 amide bonds. The molecular weight excluding hydrogens is 536 g/mol. The van der Waals surface area contributed by atoms with Crippen molar-refractivity contribution in [2.45, 2.75) is 18.2 Å². The van der Waals surface area contributed by atoms with Gasteiger partial charge in [-0.1, -0.05) is 42.5 Å². The highest BCUT2D eigenvalue weighted by Crippen LogP contribution is 2.28. The van der Waals surface area contributed by atoms with E-state index in [1.54, 1.807) is 29.2 Å². The van der Waals surface area contributed by atoms with Crippen LogP contribution in [-0.4, -0.2) is 77.9 Å². The van der Waals surface area contributed by atoms with Crippen molar-refractivity contribution in [3.63, 3.8) is 0 Å². The number of aromatic nitrogens is 3. The molecule has 0 bridgehead atoms. The molecule has 6 rings (SSSR count). The van der Waals surface area contributed by atoms with Gasteiger partial charge in [0.25, 0.3) is 17.6 Å². The van der Waals surface area contributed by atoms with Crippen LogP contribution in [0.5, 0.6) is 0 Å². The maximum absolute atomic E-state index is 13.8. The number of pyridine rings is 1.